The fraction of sp³-hybridized carbons (Fsp3) is 0.750. The zero-order chi connectivity index (χ0) is 14.1. The molecule has 3 rings (SSSR count). The van der Waals surface area contributed by atoms with Crippen molar-refractivity contribution >= 4 is 0 Å². The summed E-state index contributed by atoms with van der Waals surface area (Å²) in [5.74, 6) is 2.79. The molecule has 2 N–H and O–H groups in total. The number of fused-ring (bicyclic) bond motifs is 1. The van der Waals surface area contributed by atoms with Crippen LogP contribution in [0, 0.1) is 12.8 Å². The number of hydrogen-bond donors (Lipinski definition) is 1. The largest absolute Gasteiger partial charge is 0.465 e. The smallest absolute Gasteiger partial charge is 0.118 e. The van der Waals surface area contributed by atoms with Crippen molar-refractivity contribution < 1.29 is 4.42 Å². The molecule has 2 unspecified atom stereocenters. The van der Waals surface area contributed by atoms with Gasteiger partial charge in [-0.05, 0) is 58.3 Å². The van der Waals surface area contributed by atoms with Crippen LogP contribution in [-0.2, 0) is 13.1 Å². The molecule has 4 heteroatoms. The number of nitrogens with zero attached hydrogens (tertiary/aromatic N) is 2. The molecule has 20 heavy (non-hydrogen) atoms. The maximum Gasteiger partial charge on any atom is 0.118 e. The Labute approximate surface area is 121 Å². The van der Waals surface area contributed by atoms with Crippen molar-refractivity contribution in [3.63, 3.8) is 0 Å². The highest BCUT2D eigenvalue weighted by molar-refractivity contribution is 5.20. The van der Waals surface area contributed by atoms with Crippen LogP contribution in [0.2, 0.25) is 0 Å². The van der Waals surface area contributed by atoms with Crippen LogP contribution >= 0.6 is 0 Å². The number of rotatable bonds is 3. The summed E-state index contributed by atoms with van der Waals surface area (Å²) >= 11 is 0. The molecule has 2 aliphatic heterocycles. The van der Waals surface area contributed by atoms with Crippen molar-refractivity contribution in [2.75, 3.05) is 26.7 Å². The Morgan fingerprint density at radius 2 is 2.20 bits per heavy atom. The number of piperidine rings is 2. The summed E-state index contributed by atoms with van der Waals surface area (Å²) in [5.41, 5.74) is 6.97. The van der Waals surface area contributed by atoms with Crippen LogP contribution < -0.4 is 5.73 Å². The van der Waals surface area contributed by atoms with Crippen LogP contribution in [0.4, 0.5) is 0 Å². The van der Waals surface area contributed by atoms with E-state index in [0.29, 0.717) is 6.54 Å². The fourth-order valence-electron chi connectivity index (χ4n) is 3.96. The maximum absolute atomic E-state index is 5.67. The maximum atomic E-state index is 5.67. The monoisotopic (exact) mass is 277 g/mol. The number of hydrogen-bond acceptors (Lipinski definition) is 4. The summed E-state index contributed by atoms with van der Waals surface area (Å²) in [7, 11) is 2.29. The van der Waals surface area contributed by atoms with Crippen molar-refractivity contribution in [1.82, 2.24) is 9.80 Å². The Bertz CT molecular complexity index is 457. The van der Waals surface area contributed by atoms with Crippen LogP contribution in [0.1, 0.15) is 36.3 Å². The normalized spacial score (nSPS) is 28.6. The van der Waals surface area contributed by atoms with Gasteiger partial charge in [0.25, 0.3) is 0 Å². The molecule has 0 aromatic carbocycles. The molecule has 0 bridgehead atoms. The predicted octanol–water partition coefficient (Wildman–Crippen LogP) is 1.96. The lowest BCUT2D eigenvalue weighted by atomic mass is 9.84. The van der Waals surface area contributed by atoms with Crippen LogP contribution in [-0.4, -0.2) is 42.5 Å². The SMILES string of the molecule is Cc1oc(CN)cc1CN1CCC2C(CCCN2C)C1. The molecule has 3 heterocycles. The Hall–Kier alpha value is -0.840. The summed E-state index contributed by atoms with van der Waals surface area (Å²) in [6.07, 6.45) is 4.05. The first-order valence-corrected chi connectivity index (χ1v) is 7.88. The molecule has 0 saturated carbocycles. The van der Waals surface area contributed by atoms with Gasteiger partial charge in [-0.15, -0.1) is 0 Å². The highest BCUT2D eigenvalue weighted by Gasteiger charge is 2.34. The van der Waals surface area contributed by atoms with Crippen molar-refractivity contribution in [3.8, 4) is 0 Å². The number of nitrogens with two attached hydrogens (primary N) is 1. The lowest BCUT2D eigenvalue weighted by Gasteiger charge is -2.46. The van der Waals surface area contributed by atoms with Gasteiger partial charge in [-0.1, -0.05) is 0 Å². The predicted molar refractivity (Wildman–Crippen MR) is 80.4 cm³/mol. The number of likely N-dealkylation sites (tertiary alicyclic amines) is 2. The Morgan fingerprint density at radius 1 is 1.35 bits per heavy atom. The molecule has 0 amide bonds. The molecule has 1 aromatic rings. The van der Waals surface area contributed by atoms with Gasteiger partial charge in [-0.2, -0.15) is 0 Å². The summed E-state index contributed by atoms with van der Waals surface area (Å²) < 4.78 is 5.67. The molecule has 2 saturated heterocycles. The lowest BCUT2D eigenvalue weighted by molar-refractivity contribution is 0.0353. The molecule has 2 fully saturated rings. The first-order chi connectivity index (χ1) is 9.67. The van der Waals surface area contributed by atoms with Crippen molar-refractivity contribution in [1.29, 1.82) is 0 Å². The van der Waals surface area contributed by atoms with Crippen LogP contribution in [0.25, 0.3) is 0 Å². The quantitative estimate of drug-likeness (QED) is 0.917. The van der Waals surface area contributed by atoms with Crippen molar-refractivity contribution in [2.24, 2.45) is 11.7 Å². The van der Waals surface area contributed by atoms with Crippen LogP contribution in [0.5, 0.6) is 0 Å². The van der Waals surface area contributed by atoms with E-state index in [1.54, 1.807) is 0 Å². The van der Waals surface area contributed by atoms with Gasteiger partial charge in [0.15, 0.2) is 0 Å². The standard InChI is InChI=1S/C16H27N3O/c1-12-14(8-15(9-17)20-12)11-19-7-5-16-13(10-19)4-3-6-18(16)2/h8,13,16H,3-7,9-11,17H2,1-2H3. The highest BCUT2D eigenvalue weighted by Crippen LogP contribution is 2.30. The fourth-order valence-corrected chi connectivity index (χ4v) is 3.96. The topological polar surface area (TPSA) is 45.6 Å². The van der Waals surface area contributed by atoms with E-state index < -0.39 is 0 Å². The van der Waals surface area contributed by atoms with E-state index in [1.165, 1.54) is 44.5 Å². The second kappa shape index (κ2) is 5.88. The molecular formula is C16H27N3O. The zero-order valence-corrected chi connectivity index (χ0v) is 12.8. The minimum atomic E-state index is 0.496. The average molecular weight is 277 g/mol. The first-order valence-electron chi connectivity index (χ1n) is 7.88. The Kier molecular flexibility index (Phi) is 4.15. The molecule has 0 spiro atoms. The van der Waals surface area contributed by atoms with Crippen LogP contribution in [0.15, 0.2) is 10.5 Å². The molecule has 0 radical (unpaired) electrons. The summed E-state index contributed by atoms with van der Waals surface area (Å²) in [6.45, 7) is 7.28. The summed E-state index contributed by atoms with van der Waals surface area (Å²) in [4.78, 5) is 5.17. The zero-order valence-electron chi connectivity index (χ0n) is 12.8. The van der Waals surface area contributed by atoms with E-state index in [9.17, 15) is 0 Å². The molecule has 2 atom stereocenters. The van der Waals surface area contributed by atoms with Gasteiger partial charge in [0, 0.05) is 24.7 Å². The van der Waals surface area contributed by atoms with E-state index in [-0.39, 0.29) is 0 Å². The second-order valence-corrected chi connectivity index (χ2v) is 6.47. The average Bonchev–Trinajstić information content (AvgIpc) is 2.80. The summed E-state index contributed by atoms with van der Waals surface area (Å²) in [5, 5.41) is 0. The van der Waals surface area contributed by atoms with Gasteiger partial charge in [-0.25, -0.2) is 0 Å². The highest BCUT2D eigenvalue weighted by atomic mass is 16.3. The molecule has 4 nitrogen and oxygen atoms in total. The minimum Gasteiger partial charge on any atom is -0.465 e. The first kappa shape index (κ1) is 14.1. The Balaban J connectivity index is 1.63. The molecule has 2 aliphatic rings. The van der Waals surface area contributed by atoms with E-state index in [4.69, 9.17) is 10.2 Å². The third-order valence-electron chi connectivity index (χ3n) is 5.10. The van der Waals surface area contributed by atoms with Crippen LogP contribution in [0.3, 0.4) is 0 Å². The van der Waals surface area contributed by atoms with Gasteiger partial charge >= 0.3 is 0 Å². The molecule has 1 aromatic heterocycles. The van der Waals surface area contributed by atoms with E-state index in [1.807, 2.05) is 0 Å². The molecule has 0 aliphatic carbocycles. The second-order valence-electron chi connectivity index (χ2n) is 6.47. The molecular weight excluding hydrogens is 250 g/mol. The molecule has 112 valence electrons. The van der Waals surface area contributed by atoms with Gasteiger partial charge in [0.2, 0.25) is 0 Å². The Morgan fingerprint density at radius 3 is 2.95 bits per heavy atom. The van der Waals surface area contributed by atoms with E-state index in [2.05, 4.69) is 29.8 Å². The van der Waals surface area contributed by atoms with Gasteiger partial charge in [0.1, 0.15) is 11.5 Å². The third kappa shape index (κ3) is 2.78. The lowest BCUT2D eigenvalue weighted by Crippen LogP contribution is -2.52. The number of aryl methyl sites for hydroxylation is 1. The van der Waals surface area contributed by atoms with E-state index in [0.717, 1.165) is 30.0 Å². The van der Waals surface area contributed by atoms with Gasteiger partial charge in [-0.3, -0.25) is 4.90 Å². The van der Waals surface area contributed by atoms with Gasteiger partial charge in [0.05, 0.1) is 6.54 Å². The van der Waals surface area contributed by atoms with Gasteiger partial charge < -0.3 is 15.1 Å². The minimum absolute atomic E-state index is 0.496. The summed E-state index contributed by atoms with van der Waals surface area (Å²) in [6, 6.07) is 2.94. The van der Waals surface area contributed by atoms with Crippen molar-refractivity contribution in [2.45, 2.75) is 45.3 Å². The third-order valence-corrected chi connectivity index (χ3v) is 5.10. The van der Waals surface area contributed by atoms with E-state index >= 15 is 0 Å². The van der Waals surface area contributed by atoms with Crippen molar-refractivity contribution in [3.05, 3.63) is 23.2 Å². The number of furan rings is 1.